The monoisotopic (exact) mass is 404 g/mol. The van der Waals surface area contributed by atoms with E-state index in [0.29, 0.717) is 23.0 Å². The van der Waals surface area contributed by atoms with Crippen molar-refractivity contribution in [3.05, 3.63) is 53.6 Å². The van der Waals surface area contributed by atoms with Gasteiger partial charge in [0.15, 0.2) is 0 Å². The lowest BCUT2D eigenvalue weighted by Crippen LogP contribution is -2.45. The minimum Gasteiger partial charge on any atom is -0.495 e. The van der Waals surface area contributed by atoms with E-state index in [0.717, 1.165) is 21.7 Å². The number of hydrogen-bond donors (Lipinski definition) is 1. The molecule has 2 aromatic rings. The Labute approximate surface area is 167 Å². The molecule has 2 aromatic carbocycles. The molecule has 0 aliphatic carbocycles. The van der Waals surface area contributed by atoms with Gasteiger partial charge in [0.2, 0.25) is 15.9 Å². The molecular weight excluding hydrogens is 376 g/mol. The van der Waals surface area contributed by atoms with Crippen LogP contribution in [0, 0.1) is 6.92 Å². The van der Waals surface area contributed by atoms with Gasteiger partial charge in [0.1, 0.15) is 11.8 Å². The van der Waals surface area contributed by atoms with Gasteiger partial charge in [0.05, 0.1) is 19.1 Å². The molecule has 1 unspecified atom stereocenters. The molecule has 152 valence electrons. The summed E-state index contributed by atoms with van der Waals surface area (Å²) in [6.45, 7) is 7.59. The zero-order chi connectivity index (χ0) is 21.1. The Morgan fingerprint density at radius 1 is 1.07 bits per heavy atom. The molecule has 28 heavy (non-hydrogen) atoms. The second-order valence-corrected chi connectivity index (χ2v) is 9.04. The molecular formula is C21H28N2O4S. The Hall–Kier alpha value is -2.54. The summed E-state index contributed by atoms with van der Waals surface area (Å²) in [5, 5.41) is 2.80. The second kappa shape index (κ2) is 8.65. The number of carbonyl (C=O) groups excluding carboxylic acids is 1. The molecule has 1 atom stereocenters. The summed E-state index contributed by atoms with van der Waals surface area (Å²) in [5.74, 6) is 0.349. The lowest BCUT2D eigenvalue weighted by Gasteiger charge is -2.29. The van der Waals surface area contributed by atoms with Crippen molar-refractivity contribution in [1.29, 1.82) is 0 Å². The zero-order valence-corrected chi connectivity index (χ0v) is 18.0. The van der Waals surface area contributed by atoms with Crippen LogP contribution in [0.1, 0.15) is 37.8 Å². The van der Waals surface area contributed by atoms with Crippen LogP contribution < -0.4 is 14.4 Å². The molecule has 6 nitrogen and oxygen atoms in total. The van der Waals surface area contributed by atoms with Gasteiger partial charge in [-0.3, -0.25) is 9.10 Å². The highest BCUT2D eigenvalue weighted by molar-refractivity contribution is 7.92. The fourth-order valence-electron chi connectivity index (χ4n) is 2.95. The number of rotatable bonds is 7. The normalized spacial score (nSPS) is 12.5. The molecule has 0 aliphatic rings. The van der Waals surface area contributed by atoms with E-state index in [9.17, 15) is 13.2 Å². The van der Waals surface area contributed by atoms with Crippen LogP contribution in [0.15, 0.2) is 42.5 Å². The summed E-state index contributed by atoms with van der Waals surface area (Å²) in [6, 6.07) is 11.8. The number of aryl methyl sites for hydroxylation is 1. The van der Waals surface area contributed by atoms with E-state index in [2.05, 4.69) is 19.2 Å². The van der Waals surface area contributed by atoms with Gasteiger partial charge in [-0.2, -0.15) is 0 Å². The summed E-state index contributed by atoms with van der Waals surface area (Å²) < 4.78 is 31.5. The third kappa shape index (κ3) is 5.04. The lowest BCUT2D eigenvalue weighted by molar-refractivity contribution is -0.116. The van der Waals surface area contributed by atoms with Crippen molar-refractivity contribution in [1.82, 2.24) is 0 Å². The standard InChI is InChI=1S/C21H28N2O4S/c1-14(2)17-8-10-18(11-9-17)22-21(24)16(4)23(28(6,25)26)19-13-15(3)7-12-20(19)27-5/h7-14,16H,1-6H3,(H,22,24). The van der Waals surface area contributed by atoms with Crippen molar-refractivity contribution in [2.75, 3.05) is 23.0 Å². The van der Waals surface area contributed by atoms with Gasteiger partial charge in [-0.25, -0.2) is 8.42 Å². The molecule has 2 rings (SSSR count). The minimum absolute atomic E-state index is 0.336. The predicted octanol–water partition coefficient (Wildman–Crippen LogP) is 3.92. The van der Waals surface area contributed by atoms with Crippen LogP contribution in [0.2, 0.25) is 0 Å². The van der Waals surface area contributed by atoms with E-state index in [4.69, 9.17) is 4.74 Å². The Kier molecular flexibility index (Phi) is 6.72. The molecule has 0 bridgehead atoms. The largest absolute Gasteiger partial charge is 0.495 e. The van der Waals surface area contributed by atoms with E-state index in [1.54, 1.807) is 19.1 Å². The highest BCUT2D eigenvalue weighted by Crippen LogP contribution is 2.33. The molecule has 0 aromatic heterocycles. The zero-order valence-electron chi connectivity index (χ0n) is 17.2. The van der Waals surface area contributed by atoms with Gasteiger partial charge in [0, 0.05) is 5.69 Å². The highest BCUT2D eigenvalue weighted by atomic mass is 32.2. The molecule has 0 aliphatic heterocycles. The Balaban J connectivity index is 2.34. The van der Waals surface area contributed by atoms with E-state index in [1.165, 1.54) is 7.11 Å². The van der Waals surface area contributed by atoms with E-state index in [-0.39, 0.29) is 0 Å². The number of nitrogens with one attached hydrogen (secondary N) is 1. The average Bonchev–Trinajstić information content (AvgIpc) is 2.61. The maximum absolute atomic E-state index is 12.8. The van der Waals surface area contributed by atoms with Gasteiger partial charge >= 0.3 is 0 Å². The summed E-state index contributed by atoms with van der Waals surface area (Å²) in [6.07, 6.45) is 1.08. The summed E-state index contributed by atoms with van der Waals surface area (Å²) in [7, 11) is -2.26. The van der Waals surface area contributed by atoms with Crippen molar-refractivity contribution in [2.24, 2.45) is 0 Å². The van der Waals surface area contributed by atoms with Crippen molar-refractivity contribution < 1.29 is 17.9 Å². The lowest BCUT2D eigenvalue weighted by atomic mass is 10.0. The minimum atomic E-state index is -3.73. The van der Waals surface area contributed by atoms with E-state index >= 15 is 0 Å². The Bertz CT molecular complexity index is 937. The molecule has 1 amide bonds. The fraction of sp³-hybridized carbons (Fsp3) is 0.381. The van der Waals surface area contributed by atoms with Crippen LogP contribution in [-0.2, 0) is 14.8 Å². The van der Waals surface area contributed by atoms with Crippen LogP contribution in [0.5, 0.6) is 5.75 Å². The van der Waals surface area contributed by atoms with Crippen molar-refractivity contribution in [3.8, 4) is 5.75 Å². The summed E-state index contributed by atoms with van der Waals surface area (Å²) in [4.78, 5) is 12.8. The molecule has 7 heteroatoms. The first kappa shape index (κ1) is 21.8. The van der Waals surface area contributed by atoms with E-state index < -0.39 is 22.0 Å². The number of benzene rings is 2. The van der Waals surface area contributed by atoms with Crippen molar-refractivity contribution >= 4 is 27.3 Å². The highest BCUT2D eigenvalue weighted by Gasteiger charge is 2.31. The first-order chi connectivity index (χ1) is 13.0. The van der Waals surface area contributed by atoms with Gasteiger partial charge in [0.25, 0.3) is 0 Å². The van der Waals surface area contributed by atoms with Crippen LogP contribution in [-0.4, -0.2) is 33.7 Å². The summed E-state index contributed by atoms with van der Waals surface area (Å²) >= 11 is 0. The summed E-state index contributed by atoms with van der Waals surface area (Å²) in [5.41, 5.74) is 2.98. The Morgan fingerprint density at radius 3 is 2.18 bits per heavy atom. The van der Waals surface area contributed by atoms with Gasteiger partial charge in [-0.1, -0.05) is 32.0 Å². The number of methoxy groups -OCH3 is 1. The first-order valence-corrected chi connectivity index (χ1v) is 10.9. The number of anilines is 2. The number of ether oxygens (including phenoxy) is 1. The quantitative estimate of drug-likeness (QED) is 0.759. The molecule has 0 saturated heterocycles. The SMILES string of the molecule is COc1ccc(C)cc1N(C(C)C(=O)Nc1ccc(C(C)C)cc1)S(C)(=O)=O. The van der Waals surface area contributed by atoms with Gasteiger partial charge < -0.3 is 10.1 Å². The molecule has 0 saturated carbocycles. The molecule has 1 N–H and O–H groups in total. The van der Waals surface area contributed by atoms with Crippen molar-refractivity contribution in [3.63, 3.8) is 0 Å². The third-order valence-corrected chi connectivity index (χ3v) is 5.73. The molecule has 0 radical (unpaired) electrons. The number of hydrogen-bond acceptors (Lipinski definition) is 4. The third-order valence-electron chi connectivity index (χ3n) is 4.51. The average molecular weight is 405 g/mol. The van der Waals surface area contributed by atoms with Crippen LogP contribution in [0.3, 0.4) is 0 Å². The number of sulfonamides is 1. The number of amides is 1. The number of carbonyl (C=O) groups is 1. The smallest absolute Gasteiger partial charge is 0.247 e. The molecule has 0 spiro atoms. The van der Waals surface area contributed by atoms with E-state index in [1.807, 2.05) is 37.3 Å². The van der Waals surface area contributed by atoms with Crippen LogP contribution in [0.4, 0.5) is 11.4 Å². The topological polar surface area (TPSA) is 75.7 Å². The second-order valence-electron chi connectivity index (χ2n) is 7.18. The predicted molar refractivity (Wildman–Crippen MR) is 114 cm³/mol. The molecule has 0 fully saturated rings. The molecule has 0 heterocycles. The maximum atomic E-state index is 12.8. The van der Waals surface area contributed by atoms with Crippen molar-refractivity contribution in [2.45, 2.75) is 39.7 Å². The number of nitrogens with zero attached hydrogens (tertiary/aromatic N) is 1. The first-order valence-electron chi connectivity index (χ1n) is 9.09. The van der Waals surface area contributed by atoms with Crippen LogP contribution >= 0.6 is 0 Å². The van der Waals surface area contributed by atoms with Crippen LogP contribution in [0.25, 0.3) is 0 Å². The fourth-order valence-corrected chi connectivity index (χ4v) is 4.12. The Morgan fingerprint density at radius 2 is 1.68 bits per heavy atom. The van der Waals surface area contributed by atoms with Gasteiger partial charge in [-0.05, 0) is 55.2 Å². The maximum Gasteiger partial charge on any atom is 0.247 e. The van der Waals surface area contributed by atoms with Gasteiger partial charge in [-0.15, -0.1) is 0 Å².